The second-order valence-electron chi connectivity index (χ2n) is 5.66. The van der Waals surface area contributed by atoms with Crippen LogP contribution in [0.4, 0.5) is 0 Å². The number of nitrogens with zero attached hydrogens (tertiary/aromatic N) is 3. The van der Waals surface area contributed by atoms with Gasteiger partial charge in [-0.25, -0.2) is 4.98 Å². The Hall–Kier alpha value is -1.89. The highest BCUT2D eigenvalue weighted by molar-refractivity contribution is 5.91. The second kappa shape index (κ2) is 5.48. The van der Waals surface area contributed by atoms with Crippen molar-refractivity contribution in [1.82, 2.24) is 19.8 Å². The van der Waals surface area contributed by atoms with Crippen LogP contribution in [0, 0.1) is 0 Å². The first-order chi connectivity index (χ1) is 10.1. The van der Waals surface area contributed by atoms with Gasteiger partial charge < -0.3 is 19.5 Å². The molecule has 3 heterocycles. The minimum atomic E-state index is -0.231. The number of rotatable bonds is 2. The molecule has 1 aromatic rings. The molecule has 1 aromatic heterocycles. The number of nitrogens with one attached hydrogen (secondary N) is 1. The van der Waals surface area contributed by atoms with Crippen molar-refractivity contribution in [3.63, 3.8) is 0 Å². The van der Waals surface area contributed by atoms with Gasteiger partial charge in [0.2, 0.25) is 5.91 Å². The van der Waals surface area contributed by atoms with Crippen LogP contribution in [0.1, 0.15) is 30.4 Å². The highest BCUT2D eigenvalue weighted by atomic mass is 16.5. The number of imidazole rings is 1. The summed E-state index contributed by atoms with van der Waals surface area (Å²) in [5.41, 5.74) is 0. The van der Waals surface area contributed by atoms with E-state index in [0.717, 1.165) is 12.8 Å². The lowest BCUT2D eigenvalue weighted by Gasteiger charge is -2.31. The van der Waals surface area contributed by atoms with Crippen LogP contribution >= 0.6 is 0 Å². The van der Waals surface area contributed by atoms with Crippen molar-refractivity contribution in [2.75, 3.05) is 13.2 Å². The van der Waals surface area contributed by atoms with Crippen LogP contribution in [-0.2, 0) is 16.6 Å². The van der Waals surface area contributed by atoms with Gasteiger partial charge in [0.1, 0.15) is 0 Å². The quantitative estimate of drug-likeness (QED) is 0.828. The molecule has 3 atom stereocenters. The van der Waals surface area contributed by atoms with Gasteiger partial charge >= 0.3 is 0 Å². The molecule has 7 nitrogen and oxygen atoms in total. The van der Waals surface area contributed by atoms with Crippen molar-refractivity contribution in [3.8, 4) is 0 Å². The Kier molecular flexibility index (Phi) is 3.67. The minimum absolute atomic E-state index is 0.0317. The van der Waals surface area contributed by atoms with Crippen LogP contribution in [0.2, 0.25) is 0 Å². The fraction of sp³-hybridized carbons (Fsp3) is 0.643. The lowest BCUT2D eigenvalue weighted by Crippen LogP contribution is -2.48. The summed E-state index contributed by atoms with van der Waals surface area (Å²) in [6.45, 7) is 2.75. The molecule has 0 aromatic carbocycles. The summed E-state index contributed by atoms with van der Waals surface area (Å²) in [5.74, 6) is 0.165. The predicted molar refractivity (Wildman–Crippen MR) is 74.6 cm³/mol. The number of carbonyl (C=O) groups excluding carboxylic acids is 2. The number of fused-ring (bicyclic) bond motifs is 1. The third-order valence-electron chi connectivity index (χ3n) is 4.27. The van der Waals surface area contributed by atoms with Gasteiger partial charge in [-0.05, 0) is 12.8 Å². The molecule has 1 N–H and O–H groups in total. The first-order valence-corrected chi connectivity index (χ1v) is 7.25. The van der Waals surface area contributed by atoms with Crippen LogP contribution in [0.25, 0.3) is 0 Å². The Morgan fingerprint density at radius 2 is 2.29 bits per heavy atom. The van der Waals surface area contributed by atoms with Crippen molar-refractivity contribution < 1.29 is 14.3 Å². The number of ether oxygens (including phenoxy) is 1. The molecular weight excluding hydrogens is 272 g/mol. The summed E-state index contributed by atoms with van der Waals surface area (Å²) < 4.78 is 7.48. The second-order valence-corrected chi connectivity index (χ2v) is 5.66. The molecule has 114 valence electrons. The molecule has 0 saturated carbocycles. The van der Waals surface area contributed by atoms with Crippen LogP contribution in [0.3, 0.4) is 0 Å². The van der Waals surface area contributed by atoms with E-state index in [1.54, 1.807) is 30.9 Å². The number of likely N-dealkylation sites (tertiary alicyclic amines) is 1. The van der Waals surface area contributed by atoms with E-state index in [0.29, 0.717) is 19.0 Å². The molecule has 0 bridgehead atoms. The van der Waals surface area contributed by atoms with Gasteiger partial charge in [-0.2, -0.15) is 0 Å². The maximum absolute atomic E-state index is 12.3. The van der Waals surface area contributed by atoms with Crippen molar-refractivity contribution in [2.45, 2.75) is 38.0 Å². The van der Waals surface area contributed by atoms with E-state index in [4.69, 9.17) is 4.74 Å². The average molecular weight is 292 g/mol. The van der Waals surface area contributed by atoms with Crippen LogP contribution < -0.4 is 5.32 Å². The summed E-state index contributed by atoms with van der Waals surface area (Å²) in [5, 5.41) is 2.96. The summed E-state index contributed by atoms with van der Waals surface area (Å²) in [6, 6.07) is -0.105. The Morgan fingerprint density at radius 1 is 1.48 bits per heavy atom. The zero-order valence-corrected chi connectivity index (χ0v) is 12.3. The zero-order valence-electron chi connectivity index (χ0n) is 12.3. The van der Waals surface area contributed by atoms with E-state index in [1.165, 1.54) is 0 Å². The van der Waals surface area contributed by atoms with E-state index >= 15 is 0 Å². The van der Waals surface area contributed by atoms with Gasteiger partial charge in [-0.15, -0.1) is 0 Å². The molecule has 7 heteroatoms. The first-order valence-electron chi connectivity index (χ1n) is 7.25. The smallest absolute Gasteiger partial charge is 0.287 e. The molecule has 0 spiro atoms. The molecule has 2 aliphatic heterocycles. The largest absolute Gasteiger partial charge is 0.374 e. The molecule has 0 unspecified atom stereocenters. The van der Waals surface area contributed by atoms with Gasteiger partial charge in [0.05, 0.1) is 18.2 Å². The highest BCUT2D eigenvalue weighted by Gasteiger charge is 2.45. The molecule has 21 heavy (non-hydrogen) atoms. The normalized spacial score (nSPS) is 28.3. The Morgan fingerprint density at radius 3 is 2.95 bits per heavy atom. The average Bonchev–Trinajstić information content (AvgIpc) is 3.03. The maximum atomic E-state index is 12.3. The molecule has 3 rings (SSSR count). The van der Waals surface area contributed by atoms with Gasteiger partial charge in [0.25, 0.3) is 5.91 Å². The number of carbonyl (C=O) groups is 2. The summed E-state index contributed by atoms with van der Waals surface area (Å²) in [6.07, 6.45) is 5.08. The number of hydrogen-bond acceptors (Lipinski definition) is 4. The molecule has 2 aliphatic rings. The minimum Gasteiger partial charge on any atom is -0.374 e. The van der Waals surface area contributed by atoms with E-state index in [2.05, 4.69) is 10.3 Å². The van der Waals surface area contributed by atoms with Crippen LogP contribution in [0.15, 0.2) is 12.4 Å². The van der Waals surface area contributed by atoms with Crippen molar-refractivity contribution >= 4 is 11.8 Å². The van der Waals surface area contributed by atoms with E-state index < -0.39 is 0 Å². The van der Waals surface area contributed by atoms with E-state index in [-0.39, 0.29) is 30.0 Å². The third kappa shape index (κ3) is 2.53. The van der Waals surface area contributed by atoms with E-state index in [9.17, 15) is 9.59 Å². The van der Waals surface area contributed by atoms with Gasteiger partial charge in [-0.3, -0.25) is 9.59 Å². The van der Waals surface area contributed by atoms with Crippen LogP contribution in [-0.4, -0.2) is 57.6 Å². The fourth-order valence-corrected chi connectivity index (χ4v) is 3.26. The van der Waals surface area contributed by atoms with Gasteiger partial charge in [0.15, 0.2) is 5.82 Å². The third-order valence-corrected chi connectivity index (χ3v) is 4.27. The summed E-state index contributed by atoms with van der Waals surface area (Å²) >= 11 is 0. The highest BCUT2D eigenvalue weighted by Crippen LogP contribution is 2.29. The molecule has 2 amide bonds. The topological polar surface area (TPSA) is 76.5 Å². The lowest BCUT2D eigenvalue weighted by atomic mass is 10.0. The Balaban J connectivity index is 1.74. The Bertz CT molecular complexity index is 556. The number of aryl methyl sites for hydroxylation is 1. The molecule has 0 aliphatic carbocycles. The molecule has 2 saturated heterocycles. The Labute approximate surface area is 123 Å². The molecule has 2 fully saturated rings. The van der Waals surface area contributed by atoms with Gasteiger partial charge in [0, 0.05) is 39.5 Å². The summed E-state index contributed by atoms with van der Waals surface area (Å²) in [7, 11) is 1.78. The first kappa shape index (κ1) is 14.1. The van der Waals surface area contributed by atoms with E-state index in [1.807, 2.05) is 4.90 Å². The standard InChI is InChI=1S/C14H20N4O3/c1-9(19)18-8-10(12-11(18)4-3-7-21-12)16-14(20)13-15-5-6-17(13)2/h5-6,10-12H,3-4,7-8H2,1-2H3,(H,16,20)/t10-,11+,12+/m1/s1. The molecular formula is C14H20N4O3. The molecule has 0 radical (unpaired) electrons. The van der Waals surface area contributed by atoms with Crippen molar-refractivity contribution in [2.24, 2.45) is 7.05 Å². The summed E-state index contributed by atoms with van der Waals surface area (Å²) in [4.78, 5) is 29.9. The lowest BCUT2D eigenvalue weighted by molar-refractivity contribution is -0.132. The SMILES string of the molecule is CC(=O)N1C[C@@H](NC(=O)c2nccn2C)[C@@H]2OCCC[C@@H]21. The van der Waals surface area contributed by atoms with Gasteiger partial charge in [-0.1, -0.05) is 0 Å². The zero-order chi connectivity index (χ0) is 15.0. The fourth-order valence-electron chi connectivity index (χ4n) is 3.26. The predicted octanol–water partition coefficient (Wildman–Crippen LogP) is -0.0718. The number of hydrogen-bond donors (Lipinski definition) is 1. The number of aromatic nitrogens is 2. The van der Waals surface area contributed by atoms with Crippen LogP contribution in [0.5, 0.6) is 0 Å². The maximum Gasteiger partial charge on any atom is 0.287 e. The van der Waals surface area contributed by atoms with Crippen molar-refractivity contribution in [3.05, 3.63) is 18.2 Å². The number of amides is 2. The van der Waals surface area contributed by atoms with Crippen molar-refractivity contribution in [1.29, 1.82) is 0 Å². The monoisotopic (exact) mass is 292 g/mol.